The highest BCUT2D eigenvalue weighted by atomic mass is 16.2. The fraction of sp³-hybridized carbons (Fsp3) is 0.690. The van der Waals surface area contributed by atoms with Gasteiger partial charge in [-0.15, -0.1) is 6.58 Å². The molecule has 2 heteroatoms. The lowest BCUT2D eigenvalue weighted by atomic mass is 9.69. The van der Waals surface area contributed by atoms with Crippen molar-refractivity contribution in [3.05, 3.63) is 48.0 Å². The lowest BCUT2D eigenvalue weighted by Crippen LogP contribution is -2.50. The van der Waals surface area contributed by atoms with Crippen LogP contribution >= 0.6 is 0 Å². The molecule has 176 valence electrons. The summed E-state index contributed by atoms with van der Waals surface area (Å²) in [6, 6.07) is 8.85. The number of amides is 1. The van der Waals surface area contributed by atoms with Crippen LogP contribution in [0.4, 0.5) is 0 Å². The Morgan fingerprint density at radius 3 is 2.29 bits per heavy atom. The molecule has 2 atom stereocenters. The molecule has 0 spiro atoms. The number of aryl methyl sites for hydroxylation is 1. The fourth-order valence-corrected chi connectivity index (χ4v) is 4.86. The minimum atomic E-state index is -0.284. The van der Waals surface area contributed by atoms with Crippen LogP contribution < -0.4 is 5.32 Å². The van der Waals surface area contributed by atoms with Crippen LogP contribution in [-0.2, 0) is 11.2 Å². The van der Waals surface area contributed by atoms with Gasteiger partial charge in [-0.3, -0.25) is 4.79 Å². The van der Waals surface area contributed by atoms with Crippen LogP contribution in [0.3, 0.4) is 0 Å². The number of benzene rings is 1. The zero-order valence-corrected chi connectivity index (χ0v) is 21.5. The van der Waals surface area contributed by atoms with Gasteiger partial charge in [0.05, 0.1) is 0 Å². The Morgan fingerprint density at radius 2 is 1.77 bits per heavy atom. The van der Waals surface area contributed by atoms with E-state index in [1.165, 1.54) is 19.3 Å². The van der Waals surface area contributed by atoms with Crippen molar-refractivity contribution < 1.29 is 4.79 Å². The Kier molecular flexibility index (Phi) is 11.6. The number of hydrogen-bond acceptors (Lipinski definition) is 1. The van der Waals surface area contributed by atoms with E-state index in [1.54, 1.807) is 11.1 Å². The van der Waals surface area contributed by atoms with Crippen LogP contribution in [0.1, 0.15) is 117 Å². The summed E-state index contributed by atoms with van der Waals surface area (Å²) in [4.78, 5) is 12.8. The molecule has 0 radical (unpaired) electrons. The summed E-state index contributed by atoms with van der Waals surface area (Å²) in [7, 11) is 0. The van der Waals surface area contributed by atoms with Crippen LogP contribution in [0.25, 0.3) is 0 Å². The van der Waals surface area contributed by atoms with Crippen molar-refractivity contribution in [3.63, 3.8) is 0 Å². The minimum Gasteiger partial charge on any atom is -0.351 e. The average Bonchev–Trinajstić information content (AvgIpc) is 2.71. The van der Waals surface area contributed by atoms with Gasteiger partial charge >= 0.3 is 0 Å². The normalized spacial score (nSPS) is 17.7. The Balaban J connectivity index is 0.000000361. The molecule has 1 amide bonds. The standard InChI is InChI=1S/C18H35NO.C11H14/c1-8-11-14-18(7,15(12-9-2)13-10-3)16(20)19-17(4,5)6;1-9-5-4-7-10-6-2-3-8-11(9)10/h8,15H,1,9-14H2,2-7H3,(H,19,20);2-3,6,8-9H,4-5,7H2,1H3. The Bertz CT molecular complexity index is 666. The highest BCUT2D eigenvalue weighted by molar-refractivity contribution is 5.83. The van der Waals surface area contributed by atoms with Gasteiger partial charge in [0.2, 0.25) is 5.91 Å². The lowest BCUT2D eigenvalue weighted by Gasteiger charge is -2.39. The number of nitrogens with one attached hydrogen (secondary N) is 1. The molecular formula is C29H49NO. The zero-order chi connectivity index (χ0) is 23.5. The molecule has 0 saturated carbocycles. The zero-order valence-electron chi connectivity index (χ0n) is 21.5. The maximum Gasteiger partial charge on any atom is 0.226 e. The molecular weight excluding hydrogens is 378 g/mol. The van der Waals surface area contributed by atoms with Crippen LogP contribution in [0.2, 0.25) is 0 Å². The predicted octanol–water partition coefficient (Wildman–Crippen LogP) is 8.22. The van der Waals surface area contributed by atoms with Gasteiger partial charge in [0.15, 0.2) is 0 Å². The first-order valence-corrected chi connectivity index (χ1v) is 12.6. The number of carbonyl (C=O) groups is 1. The lowest BCUT2D eigenvalue weighted by molar-refractivity contribution is -0.135. The third-order valence-electron chi connectivity index (χ3n) is 6.72. The van der Waals surface area contributed by atoms with Gasteiger partial charge in [-0.1, -0.05) is 70.9 Å². The van der Waals surface area contributed by atoms with Crippen LogP contribution in [-0.4, -0.2) is 11.4 Å². The van der Waals surface area contributed by atoms with Gasteiger partial charge in [0.25, 0.3) is 0 Å². The largest absolute Gasteiger partial charge is 0.351 e. The molecule has 1 aliphatic carbocycles. The van der Waals surface area contributed by atoms with Crippen molar-refractivity contribution >= 4 is 5.91 Å². The molecule has 0 fully saturated rings. The van der Waals surface area contributed by atoms with Crippen molar-refractivity contribution in [1.82, 2.24) is 5.32 Å². The van der Waals surface area contributed by atoms with Gasteiger partial charge in [-0.05, 0) is 88.7 Å². The quantitative estimate of drug-likeness (QED) is 0.395. The van der Waals surface area contributed by atoms with Gasteiger partial charge in [0.1, 0.15) is 0 Å². The minimum absolute atomic E-state index is 0.171. The highest BCUT2D eigenvalue weighted by Crippen LogP contribution is 2.39. The first kappa shape index (κ1) is 27.5. The van der Waals surface area contributed by atoms with E-state index in [0.29, 0.717) is 5.92 Å². The second kappa shape index (κ2) is 13.1. The fourth-order valence-electron chi connectivity index (χ4n) is 4.86. The van der Waals surface area contributed by atoms with Gasteiger partial charge in [0, 0.05) is 11.0 Å². The number of carbonyl (C=O) groups excluding carboxylic acids is 1. The molecule has 31 heavy (non-hydrogen) atoms. The van der Waals surface area contributed by atoms with Gasteiger partial charge < -0.3 is 5.32 Å². The van der Waals surface area contributed by atoms with Crippen LogP contribution in [0, 0.1) is 11.3 Å². The smallest absolute Gasteiger partial charge is 0.226 e. The van der Waals surface area contributed by atoms with Crippen molar-refractivity contribution in [1.29, 1.82) is 0 Å². The third-order valence-corrected chi connectivity index (χ3v) is 6.72. The molecule has 1 aromatic carbocycles. The van der Waals surface area contributed by atoms with E-state index in [9.17, 15) is 4.79 Å². The van der Waals surface area contributed by atoms with Gasteiger partial charge in [-0.2, -0.15) is 0 Å². The first-order chi connectivity index (χ1) is 14.6. The number of rotatable bonds is 9. The second-order valence-corrected chi connectivity index (χ2v) is 10.7. The molecule has 1 N–H and O–H groups in total. The van der Waals surface area contributed by atoms with E-state index in [1.807, 2.05) is 26.8 Å². The SMILES string of the molecule is C=CCCC(C)(C(=O)NC(C)(C)C)C(CCC)CCC.CC1CCCc2ccccc21. The first-order valence-electron chi connectivity index (χ1n) is 12.6. The molecule has 0 aromatic heterocycles. The van der Waals surface area contributed by atoms with E-state index in [-0.39, 0.29) is 16.9 Å². The van der Waals surface area contributed by atoms with Crippen LogP contribution in [0.15, 0.2) is 36.9 Å². The van der Waals surface area contributed by atoms with Crippen LogP contribution in [0.5, 0.6) is 0 Å². The third kappa shape index (κ3) is 8.83. The Labute approximate surface area is 193 Å². The molecule has 0 bridgehead atoms. The Hall–Kier alpha value is -1.57. The molecule has 1 aliphatic rings. The molecule has 0 aliphatic heterocycles. The van der Waals surface area contributed by atoms with Crippen molar-refractivity contribution in [2.45, 2.75) is 118 Å². The highest BCUT2D eigenvalue weighted by Gasteiger charge is 2.40. The number of allylic oxidation sites excluding steroid dienone is 1. The van der Waals surface area contributed by atoms with E-state index in [2.05, 4.69) is 63.9 Å². The number of fused-ring (bicyclic) bond motifs is 1. The predicted molar refractivity (Wildman–Crippen MR) is 137 cm³/mol. The van der Waals surface area contributed by atoms with E-state index >= 15 is 0 Å². The van der Waals surface area contributed by atoms with E-state index < -0.39 is 0 Å². The summed E-state index contributed by atoms with van der Waals surface area (Å²) in [5.74, 6) is 1.46. The van der Waals surface area contributed by atoms with E-state index in [0.717, 1.165) is 44.4 Å². The average molecular weight is 428 g/mol. The number of hydrogen-bond donors (Lipinski definition) is 1. The summed E-state index contributed by atoms with van der Waals surface area (Å²) in [6.45, 7) is 18.9. The summed E-state index contributed by atoms with van der Waals surface area (Å²) in [5.41, 5.74) is 2.70. The maximum absolute atomic E-state index is 12.8. The Morgan fingerprint density at radius 1 is 1.16 bits per heavy atom. The maximum atomic E-state index is 12.8. The summed E-state index contributed by atoms with van der Waals surface area (Å²) >= 11 is 0. The van der Waals surface area contributed by atoms with Gasteiger partial charge in [-0.25, -0.2) is 0 Å². The molecule has 2 unspecified atom stereocenters. The summed E-state index contributed by atoms with van der Waals surface area (Å²) in [6.07, 6.45) is 12.3. The molecule has 2 nitrogen and oxygen atoms in total. The van der Waals surface area contributed by atoms with Crippen molar-refractivity contribution in [2.24, 2.45) is 11.3 Å². The van der Waals surface area contributed by atoms with Crippen molar-refractivity contribution in [2.75, 3.05) is 0 Å². The molecule has 2 rings (SSSR count). The summed E-state index contributed by atoms with van der Waals surface area (Å²) in [5, 5.41) is 3.19. The topological polar surface area (TPSA) is 29.1 Å². The van der Waals surface area contributed by atoms with Crippen molar-refractivity contribution in [3.8, 4) is 0 Å². The van der Waals surface area contributed by atoms with E-state index in [4.69, 9.17) is 0 Å². The monoisotopic (exact) mass is 427 g/mol. The second-order valence-electron chi connectivity index (χ2n) is 10.7. The molecule has 1 aromatic rings. The molecule has 0 heterocycles. The summed E-state index contributed by atoms with van der Waals surface area (Å²) < 4.78 is 0. The molecule has 0 saturated heterocycles.